The highest BCUT2D eigenvalue weighted by molar-refractivity contribution is 5.81. The minimum Gasteiger partial charge on any atom is -0.343 e. The molecule has 0 aromatic rings. The second kappa shape index (κ2) is 13.0. The lowest BCUT2D eigenvalue weighted by atomic mass is 9.89. The number of nitrogens with one attached hydrogen (secondary N) is 1. The van der Waals surface area contributed by atoms with Crippen molar-refractivity contribution in [2.45, 2.75) is 54.9 Å². The van der Waals surface area contributed by atoms with Crippen LogP contribution < -0.4 is 5.32 Å². The zero-order valence-electron chi connectivity index (χ0n) is 11.3. The molecule has 0 rings (SSSR count). The van der Waals surface area contributed by atoms with Gasteiger partial charge in [0.1, 0.15) is 6.54 Å². The molecule has 0 atom stereocenters. The normalized spacial score (nSPS) is 8.40. The summed E-state index contributed by atoms with van der Waals surface area (Å²) in [4.78, 5) is 11.2. The summed E-state index contributed by atoms with van der Waals surface area (Å²) in [6, 6.07) is 1.86. The molecule has 0 aliphatic rings. The van der Waals surface area contributed by atoms with Gasteiger partial charge in [0.05, 0.1) is 6.07 Å². The topological polar surface area (TPSA) is 52.9 Å². The molecule has 0 radical (unpaired) electrons. The SMILES string of the molecule is CC.CC.CCC(C)(C)C(=O)NCC#N. The van der Waals surface area contributed by atoms with Crippen LogP contribution in [-0.2, 0) is 4.79 Å². The molecule has 90 valence electrons. The van der Waals surface area contributed by atoms with E-state index in [1.54, 1.807) is 0 Å². The van der Waals surface area contributed by atoms with Gasteiger partial charge >= 0.3 is 0 Å². The van der Waals surface area contributed by atoms with Gasteiger partial charge in [0.15, 0.2) is 0 Å². The Kier molecular flexibility index (Phi) is 16.9. The maximum atomic E-state index is 11.2. The highest BCUT2D eigenvalue weighted by atomic mass is 16.2. The molecular weight excluding hydrogens is 188 g/mol. The van der Waals surface area contributed by atoms with E-state index in [-0.39, 0.29) is 17.9 Å². The first-order valence-corrected chi connectivity index (χ1v) is 5.70. The smallest absolute Gasteiger partial charge is 0.226 e. The van der Waals surface area contributed by atoms with E-state index in [4.69, 9.17) is 5.26 Å². The van der Waals surface area contributed by atoms with Crippen molar-refractivity contribution in [1.29, 1.82) is 5.26 Å². The summed E-state index contributed by atoms with van der Waals surface area (Å²) < 4.78 is 0. The van der Waals surface area contributed by atoms with Gasteiger partial charge in [-0.15, -0.1) is 0 Å². The fraction of sp³-hybridized carbons (Fsp3) is 0.833. The van der Waals surface area contributed by atoms with Gasteiger partial charge in [-0.1, -0.05) is 48.5 Å². The van der Waals surface area contributed by atoms with E-state index in [2.05, 4.69) is 5.32 Å². The Labute approximate surface area is 94.9 Å². The van der Waals surface area contributed by atoms with Gasteiger partial charge in [0, 0.05) is 5.41 Å². The van der Waals surface area contributed by atoms with Crippen molar-refractivity contribution >= 4 is 5.91 Å². The lowest BCUT2D eigenvalue weighted by Crippen LogP contribution is -2.36. The molecule has 0 saturated heterocycles. The molecule has 0 saturated carbocycles. The van der Waals surface area contributed by atoms with E-state index < -0.39 is 0 Å². The van der Waals surface area contributed by atoms with Crippen molar-refractivity contribution in [3.05, 3.63) is 0 Å². The third-order valence-corrected chi connectivity index (χ3v) is 1.83. The Hall–Kier alpha value is -1.04. The second-order valence-corrected chi connectivity index (χ2v) is 3.08. The molecule has 0 spiro atoms. The fourth-order valence-electron chi connectivity index (χ4n) is 0.520. The quantitative estimate of drug-likeness (QED) is 0.734. The van der Waals surface area contributed by atoms with E-state index in [0.29, 0.717) is 0 Å². The molecule has 3 heteroatoms. The molecular formula is C12H26N2O. The van der Waals surface area contributed by atoms with Gasteiger partial charge in [0.2, 0.25) is 5.91 Å². The first-order chi connectivity index (χ1) is 7.04. The number of carbonyl (C=O) groups is 1. The minimum atomic E-state index is -0.350. The highest BCUT2D eigenvalue weighted by Gasteiger charge is 2.24. The van der Waals surface area contributed by atoms with Crippen molar-refractivity contribution in [3.63, 3.8) is 0 Å². The van der Waals surface area contributed by atoms with Crippen LogP contribution >= 0.6 is 0 Å². The third-order valence-electron chi connectivity index (χ3n) is 1.83. The Morgan fingerprint density at radius 3 is 1.93 bits per heavy atom. The van der Waals surface area contributed by atoms with Gasteiger partial charge < -0.3 is 5.32 Å². The van der Waals surface area contributed by atoms with Crippen molar-refractivity contribution in [3.8, 4) is 6.07 Å². The molecule has 0 aromatic heterocycles. The number of rotatable bonds is 3. The van der Waals surface area contributed by atoms with E-state index >= 15 is 0 Å². The first-order valence-electron chi connectivity index (χ1n) is 5.70. The second-order valence-electron chi connectivity index (χ2n) is 3.08. The molecule has 0 aliphatic heterocycles. The summed E-state index contributed by atoms with van der Waals surface area (Å²) in [7, 11) is 0. The van der Waals surface area contributed by atoms with E-state index in [1.165, 1.54) is 0 Å². The Bertz CT molecular complexity index is 181. The van der Waals surface area contributed by atoms with Gasteiger partial charge in [-0.25, -0.2) is 0 Å². The third kappa shape index (κ3) is 10.9. The van der Waals surface area contributed by atoms with Crippen LogP contribution in [-0.4, -0.2) is 12.5 Å². The summed E-state index contributed by atoms with van der Waals surface area (Å²) >= 11 is 0. The Balaban J connectivity index is -0.000000318. The summed E-state index contributed by atoms with van der Waals surface area (Å²) in [5, 5.41) is 10.7. The van der Waals surface area contributed by atoms with Crippen LogP contribution in [0.15, 0.2) is 0 Å². The molecule has 0 fully saturated rings. The maximum absolute atomic E-state index is 11.2. The lowest BCUT2D eigenvalue weighted by Gasteiger charge is -2.20. The molecule has 0 bridgehead atoms. The fourth-order valence-corrected chi connectivity index (χ4v) is 0.520. The van der Waals surface area contributed by atoms with Crippen LogP contribution in [0.25, 0.3) is 0 Å². The summed E-state index contributed by atoms with van der Waals surface area (Å²) in [6.45, 7) is 13.8. The van der Waals surface area contributed by atoms with Crippen molar-refractivity contribution < 1.29 is 4.79 Å². The molecule has 3 nitrogen and oxygen atoms in total. The van der Waals surface area contributed by atoms with Crippen LogP contribution in [0, 0.1) is 16.7 Å². The average Bonchev–Trinajstić information content (AvgIpc) is 2.31. The highest BCUT2D eigenvalue weighted by Crippen LogP contribution is 2.18. The molecule has 1 amide bonds. The molecule has 15 heavy (non-hydrogen) atoms. The number of hydrogen-bond donors (Lipinski definition) is 1. The molecule has 0 heterocycles. The predicted octanol–water partition coefficient (Wildman–Crippen LogP) is 3.11. The maximum Gasteiger partial charge on any atom is 0.226 e. The minimum absolute atomic E-state index is 0.0541. The first kappa shape index (κ1) is 19.5. The number of carbonyl (C=O) groups excluding carboxylic acids is 1. The summed E-state index contributed by atoms with van der Waals surface area (Å²) in [5.74, 6) is -0.0541. The van der Waals surface area contributed by atoms with E-state index in [0.717, 1.165) is 6.42 Å². The summed E-state index contributed by atoms with van der Waals surface area (Å²) in [6.07, 6.45) is 0.782. The largest absolute Gasteiger partial charge is 0.343 e. The van der Waals surface area contributed by atoms with Crippen LogP contribution in [0.4, 0.5) is 0 Å². The standard InChI is InChI=1S/C8H14N2O.2C2H6/c1-4-8(2,3)7(11)10-6-5-9;2*1-2/h4,6H2,1-3H3,(H,10,11);2*1-2H3. The number of nitriles is 1. The van der Waals surface area contributed by atoms with Crippen molar-refractivity contribution in [1.82, 2.24) is 5.32 Å². The number of hydrogen-bond acceptors (Lipinski definition) is 2. The Morgan fingerprint density at radius 1 is 1.27 bits per heavy atom. The number of amides is 1. The molecule has 0 unspecified atom stereocenters. The average molecular weight is 214 g/mol. The lowest BCUT2D eigenvalue weighted by molar-refractivity contribution is -0.129. The van der Waals surface area contributed by atoms with Gasteiger partial charge in [-0.2, -0.15) is 5.26 Å². The molecule has 0 aromatic carbocycles. The predicted molar refractivity (Wildman–Crippen MR) is 65.4 cm³/mol. The van der Waals surface area contributed by atoms with Crippen LogP contribution in [0.1, 0.15) is 54.9 Å². The molecule has 0 aliphatic carbocycles. The zero-order valence-corrected chi connectivity index (χ0v) is 11.3. The van der Waals surface area contributed by atoms with Crippen LogP contribution in [0.2, 0.25) is 0 Å². The number of nitrogens with zero attached hydrogens (tertiary/aromatic N) is 1. The van der Waals surface area contributed by atoms with E-state index in [9.17, 15) is 4.79 Å². The monoisotopic (exact) mass is 214 g/mol. The van der Waals surface area contributed by atoms with Gasteiger partial charge in [0.25, 0.3) is 0 Å². The van der Waals surface area contributed by atoms with Gasteiger partial charge in [-0.3, -0.25) is 4.79 Å². The van der Waals surface area contributed by atoms with Crippen molar-refractivity contribution in [2.75, 3.05) is 6.54 Å². The molecule has 1 N–H and O–H groups in total. The zero-order chi connectivity index (χ0) is 12.9. The van der Waals surface area contributed by atoms with Crippen LogP contribution in [0.5, 0.6) is 0 Å². The Morgan fingerprint density at radius 2 is 1.67 bits per heavy atom. The van der Waals surface area contributed by atoms with Crippen LogP contribution in [0.3, 0.4) is 0 Å². The van der Waals surface area contributed by atoms with Crippen molar-refractivity contribution in [2.24, 2.45) is 5.41 Å². The van der Waals surface area contributed by atoms with E-state index in [1.807, 2.05) is 54.5 Å². The summed E-state index contributed by atoms with van der Waals surface area (Å²) in [5.41, 5.74) is -0.350. The van der Waals surface area contributed by atoms with Gasteiger partial charge in [-0.05, 0) is 6.42 Å².